The SMILES string of the molecule is CCOC(=O)Cl.NNc1ccc(C(=O)O)cc1. The van der Waals surface area contributed by atoms with Crippen molar-refractivity contribution in [3.05, 3.63) is 29.8 Å². The second-order valence-corrected chi connectivity index (χ2v) is 3.01. The molecule has 0 radical (unpaired) electrons. The second-order valence-electron chi connectivity index (χ2n) is 2.70. The zero-order chi connectivity index (χ0) is 13.3. The van der Waals surface area contributed by atoms with Crippen LogP contribution in [0.1, 0.15) is 17.3 Å². The van der Waals surface area contributed by atoms with Crippen molar-refractivity contribution < 1.29 is 19.4 Å². The summed E-state index contributed by atoms with van der Waals surface area (Å²) < 4.78 is 4.17. The number of carbonyl (C=O) groups is 2. The van der Waals surface area contributed by atoms with E-state index in [4.69, 9.17) is 22.6 Å². The summed E-state index contributed by atoms with van der Waals surface area (Å²) in [5, 5.41) is 8.50. The monoisotopic (exact) mass is 260 g/mol. The molecule has 0 saturated heterocycles. The fraction of sp³-hybridized carbons (Fsp3) is 0.200. The van der Waals surface area contributed by atoms with Gasteiger partial charge in [-0.3, -0.25) is 5.84 Å². The summed E-state index contributed by atoms with van der Waals surface area (Å²) in [6.07, 6.45) is 0. The number of nitrogens with two attached hydrogens (primary N) is 1. The molecule has 0 amide bonds. The zero-order valence-corrected chi connectivity index (χ0v) is 9.90. The number of aromatic carboxylic acids is 1. The smallest absolute Gasteiger partial charge is 0.403 e. The highest BCUT2D eigenvalue weighted by atomic mass is 35.5. The number of ether oxygens (including phenoxy) is 1. The Morgan fingerprint density at radius 3 is 2.18 bits per heavy atom. The van der Waals surface area contributed by atoms with Crippen LogP contribution in [0.4, 0.5) is 10.5 Å². The molecule has 0 bridgehead atoms. The summed E-state index contributed by atoms with van der Waals surface area (Å²) in [7, 11) is 0. The van der Waals surface area contributed by atoms with Gasteiger partial charge in [0, 0.05) is 17.3 Å². The average molecular weight is 261 g/mol. The highest BCUT2D eigenvalue weighted by Crippen LogP contribution is 2.07. The lowest BCUT2D eigenvalue weighted by atomic mass is 10.2. The number of rotatable bonds is 3. The third kappa shape index (κ3) is 7.15. The lowest BCUT2D eigenvalue weighted by molar-refractivity contribution is 0.0697. The molecule has 6 nitrogen and oxygen atoms in total. The molecule has 0 spiro atoms. The first-order valence-electron chi connectivity index (χ1n) is 4.63. The van der Waals surface area contributed by atoms with Crippen molar-refractivity contribution in [3.8, 4) is 0 Å². The van der Waals surface area contributed by atoms with Crippen molar-refractivity contribution >= 4 is 28.7 Å². The zero-order valence-electron chi connectivity index (χ0n) is 9.14. The van der Waals surface area contributed by atoms with Gasteiger partial charge < -0.3 is 15.3 Å². The van der Waals surface area contributed by atoms with Crippen LogP contribution in [0.3, 0.4) is 0 Å². The van der Waals surface area contributed by atoms with Crippen LogP contribution in [0.5, 0.6) is 0 Å². The summed E-state index contributed by atoms with van der Waals surface area (Å²) in [6, 6.07) is 6.17. The van der Waals surface area contributed by atoms with E-state index < -0.39 is 11.4 Å². The third-order valence-corrected chi connectivity index (χ3v) is 1.67. The maximum Gasteiger partial charge on any atom is 0.403 e. The van der Waals surface area contributed by atoms with E-state index in [1.54, 1.807) is 19.1 Å². The third-order valence-electron chi connectivity index (χ3n) is 1.56. The molecule has 0 aliphatic carbocycles. The van der Waals surface area contributed by atoms with Crippen LogP contribution in [0.2, 0.25) is 0 Å². The van der Waals surface area contributed by atoms with Crippen molar-refractivity contribution in [2.24, 2.45) is 5.84 Å². The standard InChI is InChI=1S/C7H8N2O2.C3H5ClO2/c8-9-6-3-1-5(2-4-6)7(10)11;1-2-6-3(4)5/h1-4,9H,8H2,(H,10,11);2H2,1H3. The number of hydrogen-bond acceptors (Lipinski definition) is 5. The molecule has 1 rings (SSSR count). The Labute approximate surface area is 103 Å². The molecule has 0 saturated carbocycles. The van der Waals surface area contributed by atoms with Crippen LogP contribution in [-0.4, -0.2) is 23.1 Å². The van der Waals surface area contributed by atoms with Gasteiger partial charge in [-0.15, -0.1) is 0 Å². The van der Waals surface area contributed by atoms with Crippen LogP contribution >= 0.6 is 11.6 Å². The second kappa shape index (κ2) is 8.37. The Morgan fingerprint density at radius 2 is 1.94 bits per heavy atom. The molecule has 1 aromatic carbocycles. The number of hydrogen-bond donors (Lipinski definition) is 3. The van der Waals surface area contributed by atoms with E-state index in [9.17, 15) is 9.59 Å². The van der Waals surface area contributed by atoms with E-state index in [2.05, 4.69) is 10.2 Å². The van der Waals surface area contributed by atoms with E-state index >= 15 is 0 Å². The first kappa shape index (κ1) is 15.2. The van der Waals surface area contributed by atoms with Gasteiger partial charge in [0.05, 0.1) is 12.2 Å². The molecule has 1 aromatic rings. The minimum Gasteiger partial charge on any atom is -0.478 e. The van der Waals surface area contributed by atoms with Gasteiger partial charge in [0.25, 0.3) is 0 Å². The first-order valence-corrected chi connectivity index (χ1v) is 5.01. The van der Waals surface area contributed by atoms with E-state index in [0.717, 1.165) is 0 Å². The molecular weight excluding hydrogens is 248 g/mol. The van der Waals surface area contributed by atoms with Crippen LogP contribution < -0.4 is 11.3 Å². The Kier molecular flexibility index (Phi) is 7.49. The number of nitrogens with one attached hydrogen (secondary N) is 1. The van der Waals surface area contributed by atoms with Crippen molar-refractivity contribution in [1.29, 1.82) is 0 Å². The Bertz CT molecular complexity index is 367. The average Bonchev–Trinajstić information content (AvgIpc) is 2.29. The molecule has 0 aliphatic heterocycles. The van der Waals surface area contributed by atoms with Crippen molar-refractivity contribution in [2.45, 2.75) is 6.92 Å². The summed E-state index contributed by atoms with van der Waals surface area (Å²) in [5.74, 6) is 4.14. The summed E-state index contributed by atoms with van der Waals surface area (Å²) in [5.41, 5.74) is 2.61. The number of carbonyl (C=O) groups excluding carboxylic acids is 1. The van der Waals surface area contributed by atoms with E-state index in [-0.39, 0.29) is 5.56 Å². The van der Waals surface area contributed by atoms with Gasteiger partial charge >= 0.3 is 11.4 Å². The quantitative estimate of drug-likeness (QED) is 0.437. The Morgan fingerprint density at radius 1 is 1.41 bits per heavy atom. The Hall–Kier alpha value is -1.79. The van der Waals surface area contributed by atoms with Gasteiger partial charge in [-0.1, -0.05) is 0 Å². The largest absolute Gasteiger partial charge is 0.478 e. The van der Waals surface area contributed by atoms with Crippen LogP contribution in [0.15, 0.2) is 24.3 Å². The van der Waals surface area contributed by atoms with Crippen molar-refractivity contribution in [2.75, 3.05) is 12.0 Å². The number of halogens is 1. The molecule has 0 unspecified atom stereocenters. The van der Waals surface area contributed by atoms with E-state index in [1.165, 1.54) is 12.1 Å². The number of hydrazine groups is 1. The van der Waals surface area contributed by atoms with E-state index in [0.29, 0.717) is 12.3 Å². The molecule has 94 valence electrons. The summed E-state index contributed by atoms with van der Waals surface area (Å²) in [6.45, 7) is 2.04. The molecule has 0 fully saturated rings. The molecule has 0 aromatic heterocycles. The minimum atomic E-state index is -0.937. The minimum absolute atomic E-state index is 0.254. The van der Waals surface area contributed by atoms with Crippen LogP contribution in [0, 0.1) is 0 Å². The van der Waals surface area contributed by atoms with Gasteiger partial charge in [-0.2, -0.15) is 0 Å². The lowest BCUT2D eigenvalue weighted by Gasteiger charge is -1.98. The maximum absolute atomic E-state index is 10.3. The van der Waals surface area contributed by atoms with Crippen LogP contribution in [-0.2, 0) is 4.74 Å². The predicted molar refractivity (Wildman–Crippen MR) is 64.1 cm³/mol. The number of benzene rings is 1. The maximum atomic E-state index is 10.3. The lowest BCUT2D eigenvalue weighted by Crippen LogP contribution is -2.06. The molecule has 0 heterocycles. The highest BCUT2D eigenvalue weighted by molar-refractivity contribution is 6.61. The Balaban J connectivity index is 0.000000366. The summed E-state index contributed by atoms with van der Waals surface area (Å²) >= 11 is 4.72. The molecule has 0 aliphatic rings. The van der Waals surface area contributed by atoms with Gasteiger partial charge in [0.15, 0.2) is 0 Å². The van der Waals surface area contributed by atoms with E-state index in [1.807, 2.05) is 0 Å². The topological polar surface area (TPSA) is 102 Å². The van der Waals surface area contributed by atoms with Gasteiger partial charge in [-0.25, -0.2) is 9.59 Å². The van der Waals surface area contributed by atoms with Crippen LogP contribution in [0.25, 0.3) is 0 Å². The van der Waals surface area contributed by atoms with Crippen molar-refractivity contribution in [1.82, 2.24) is 0 Å². The number of carboxylic acids is 1. The fourth-order valence-corrected chi connectivity index (χ4v) is 0.932. The number of nitrogen functional groups attached to an aromatic ring is 1. The molecule has 0 atom stereocenters. The highest BCUT2D eigenvalue weighted by Gasteiger charge is 1.99. The van der Waals surface area contributed by atoms with Gasteiger partial charge in [-0.05, 0) is 31.2 Å². The molecule has 17 heavy (non-hydrogen) atoms. The molecule has 7 heteroatoms. The molecule has 4 N–H and O–H groups in total. The van der Waals surface area contributed by atoms with Crippen molar-refractivity contribution in [3.63, 3.8) is 0 Å². The predicted octanol–water partition coefficient (Wildman–Crippen LogP) is 2.05. The fourth-order valence-electron chi connectivity index (χ4n) is 0.823. The van der Waals surface area contributed by atoms with Gasteiger partial charge in [0.1, 0.15) is 0 Å². The normalized spacial score (nSPS) is 8.65. The molecular formula is C10H13ClN2O4. The van der Waals surface area contributed by atoms with Gasteiger partial charge in [0.2, 0.25) is 0 Å². The number of carboxylic acid groups (broad SMARTS) is 1. The first-order chi connectivity index (χ1) is 8.01. The summed E-state index contributed by atoms with van der Waals surface area (Å²) in [4.78, 5) is 19.9. The number of anilines is 1.